The molecule has 3 fully saturated rings. The van der Waals surface area contributed by atoms with E-state index >= 15 is 4.39 Å². The topological polar surface area (TPSA) is 107 Å². The summed E-state index contributed by atoms with van der Waals surface area (Å²) in [5.41, 5.74) is -3.02. The van der Waals surface area contributed by atoms with Gasteiger partial charge in [-0.25, -0.2) is 4.39 Å². The molecule has 0 radical (unpaired) electrons. The zero-order valence-corrected chi connectivity index (χ0v) is 20.3. The maximum absolute atomic E-state index is 15.5. The first kappa shape index (κ1) is 24.8. The molecule has 0 heterocycles. The van der Waals surface area contributed by atoms with Crippen LogP contribution in [0.25, 0.3) is 0 Å². The van der Waals surface area contributed by atoms with Crippen LogP contribution >= 0.6 is 0 Å². The van der Waals surface area contributed by atoms with Gasteiger partial charge in [0.2, 0.25) is 5.78 Å². The lowest BCUT2D eigenvalue weighted by Gasteiger charge is -2.60. The van der Waals surface area contributed by atoms with Crippen molar-refractivity contribution in [1.29, 1.82) is 0 Å². The quantitative estimate of drug-likeness (QED) is 0.622. The van der Waals surface area contributed by atoms with Crippen molar-refractivity contribution in [2.75, 3.05) is 6.61 Å². The number of alkyl halides is 1. The van der Waals surface area contributed by atoms with Crippen molar-refractivity contribution < 1.29 is 38.1 Å². The summed E-state index contributed by atoms with van der Waals surface area (Å²) in [5, 5.41) is 11.5. The van der Waals surface area contributed by atoms with E-state index in [0.29, 0.717) is 12.0 Å². The van der Waals surface area contributed by atoms with Gasteiger partial charge >= 0.3 is 11.9 Å². The first-order valence-corrected chi connectivity index (χ1v) is 11.9. The second-order valence-electron chi connectivity index (χ2n) is 11.0. The van der Waals surface area contributed by atoms with Gasteiger partial charge in [0.05, 0.1) is 6.10 Å². The number of aliphatic hydroxyl groups is 1. The number of fused-ring (bicyclic) bond motifs is 5. The Morgan fingerprint density at radius 1 is 1.18 bits per heavy atom. The van der Waals surface area contributed by atoms with E-state index in [1.165, 1.54) is 26.0 Å². The lowest BCUT2D eigenvalue weighted by Crippen LogP contribution is -2.64. The van der Waals surface area contributed by atoms with Crippen LogP contribution in [-0.4, -0.2) is 53.1 Å². The Kier molecular flexibility index (Phi) is 5.91. The van der Waals surface area contributed by atoms with Gasteiger partial charge in [0.25, 0.3) is 0 Å². The Labute approximate surface area is 198 Å². The van der Waals surface area contributed by atoms with Gasteiger partial charge < -0.3 is 14.6 Å². The molecule has 7 nitrogen and oxygen atoms in total. The van der Waals surface area contributed by atoms with E-state index in [9.17, 15) is 24.3 Å². The molecule has 1 unspecified atom stereocenters. The fourth-order valence-electron chi connectivity index (χ4n) is 8.02. The third-order valence-electron chi connectivity index (χ3n) is 9.14. The molecule has 0 aromatic heterocycles. The average molecular weight is 477 g/mol. The minimum atomic E-state index is -1.61. The van der Waals surface area contributed by atoms with E-state index in [-0.39, 0.29) is 36.4 Å². The number of ketones is 2. The molecular weight excluding hydrogens is 443 g/mol. The highest BCUT2D eigenvalue weighted by Gasteiger charge is 2.73. The molecule has 34 heavy (non-hydrogen) atoms. The number of rotatable bonds is 4. The minimum Gasteiger partial charge on any atom is -0.458 e. The lowest BCUT2D eigenvalue weighted by atomic mass is 9.46. The van der Waals surface area contributed by atoms with Crippen LogP contribution in [0.4, 0.5) is 4.39 Å². The van der Waals surface area contributed by atoms with Crippen LogP contribution in [0.5, 0.6) is 0 Å². The summed E-state index contributed by atoms with van der Waals surface area (Å²) in [6, 6.07) is 0. The molecule has 4 aliphatic rings. The van der Waals surface area contributed by atoms with Crippen molar-refractivity contribution in [3.05, 3.63) is 23.8 Å². The van der Waals surface area contributed by atoms with Gasteiger partial charge in [-0.3, -0.25) is 19.2 Å². The predicted molar refractivity (Wildman–Crippen MR) is 119 cm³/mol. The molecular formula is C26H33FO7. The normalized spacial score (nSPS) is 44.9. The molecule has 0 aromatic carbocycles. The minimum absolute atomic E-state index is 0.117. The maximum Gasteiger partial charge on any atom is 0.303 e. The standard InChI is InChI=1S/C26H33FO7/c1-13-8-18-17-10-20(27)19-9-16(30)6-7-24(19,4)23(17)21(31)11-25(18,5)26(13,34-15(3)29)22(32)12-33-14(2)28/h6-7,9,13,17-18,20-21,23,31H,8,10-12H2,1-5H3/t13-,17-,18-,20-,21-,23?,24-,25-,26-/m0/s1. The van der Waals surface area contributed by atoms with E-state index in [4.69, 9.17) is 9.47 Å². The summed E-state index contributed by atoms with van der Waals surface area (Å²) < 4.78 is 26.4. The fourth-order valence-corrected chi connectivity index (χ4v) is 8.02. The highest BCUT2D eigenvalue weighted by molar-refractivity contribution is 6.01. The number of hydrogen-bond donors (Lipinski definition) is 1. The molecule has 186 valence electrons. The number of halogens is 1. The molecule has 0 spiro atoms. The van der Waals surface area contributed by atoms with E-state index in [2.05, 4.69) is 0 Å². The van der Waals surface area contributed by atoms with Gasteiger partial charge in [0, 0.05) is 36.5 Å². The number of carbonyl (C=O) groups is 4. The van der Waals surface area contributed by atoms with E-state index < -0.39 is 59.0 Å². The van der Waals surface area contributed by atoms with Crippen molar-refractivity contribution in [2.24, 2.45) is 34.5 Å². The summed E-state index contributed by atoms with van der Waals surface area (Å²) in [6.07, 6.45) is 2.98. The number of aliphatic hydroxyl groups excluding tert-OH is 1. The van der Waals surface area contributed by atoms with Gasteiger partial charge in [-0.05, 0) is 48.8 Å². The third-order valence-corrected chi connectivity index (χ3v) is 9.14. The summed E-state index contributed by atoms with van der Waals surface area (Å²) in [7, 11) is 0. The van der Waals surface area contributed by atoms with Gasteiger partial charge in [-0.15, -0.1) is 0 Å². The molecule has 8 heteroatoms. The number of allylic oxidation sites excluding steroid dienone is 4. The largest absolute Gasteiger partial charge is 0.458 e. The Morgan fingerprint density at radius 3 is 2.47 bits per heavy atom. The molecule has 0 aliphatic heterocycles. The van der Waals surface area contributed by atoms with E-state index in [1.54, 1.807) is 6.08 Å². The van der Waals surface area contributed by atoms with Crippen LogP contribution in [0.2, 0.25) is 0 Å². The highest BCUT2D eigenvalue weighted by Crippen LogP contribution is 2.69. The van der Waals surface area contributed by atoms with Crippen molar-refractivity contribution in [3.63, 3.8) is 0 Å². The van der Waals surface area contributed by atoms with Crippen molar-refractivity contribution >= 4 is 23.5 Å². The fraction of sp³-hybridized carbons (Fsp3) is 0.692. The number of ether oxygens (including phenoxy) is 2. The predicted octanol–water partition coefficient (Wildman–Crippen LogP) is 2.89. The first-order valence-electron chi connectivity index (χ1n) is 11.9. The SMILES string of the molecule is CC(=O)OCC(=O)[C@@]1(OC(C)=O)[C@@H](C)C[C@H]2[C@@H]3C[C@H](F)C4=CC(=O)C=C[C@]4(C)C3[C@@H](O)C[C@@]21C. The zero-order chi connectivity index (χ0) is 25.2. The zero-order valence-electron chi connectivity index (χ0n) is 20.3. The van der Waals surface area contributed by atoms with Crippen LogP contribution in [-0.2, 0) is 28.7 Å². The Morgan fingerprint density at radius 2 is 1.85 bits per heavy atom. The smallest absolute Gasteiger partial charge is 0.303 e. The summed E-state index contributed by atoms with van der Waals surface area (Å²) in [6.45, 7) is 7.40. The molecule has 0 amide bonds. The molecule has 4 rings (SSSR count). The summed E-state index contributed by atoms with van der Waals surface area (Å²) in [4.78, 5) is 49.2. The Bertz CT molecular complexity index is 1000. The van der Waals surface area contributed by atoms with E-state index in [1.807, 2.05) is 20.8 Å². The number of hydrogen-bond acceptors (Lipinski definition) is 7. The average Bonchev–Trinajstić information content (AvgIpc) is 2.94. The van der Waals surface area contributed by atoms with Crippen LogP contribution in [0.1, 0.15) is 53.9 Å². The second kappa shape index (κ2) is 8.11. The molecule has 3 saturated carbocycles. The van der Waals surface area contributed by atoms with Gasteiger partial charge in [0.1, 0.15) is 6.17 Å². The van der Waals surface area contributed by atoms with Crippen molar-refractivity contribution in [2.45, 2.75) is 71.8 Å². The maximum atomic E-state index is 15.5. The molecule has 9 atom stereocenters. The number of Topliss-reactive ketones (excluding diaryl/α,β-unsaturated/α-hetero) is 1. The van der Waals surface area contributed by atoms with Gasteiger partial charge in [0.15, 0.2) is 18.0 Å². The van der Waals surface area contributed by atoms with Crippen molar-refractivity contribution in [1.82, 2.24) is 0 Å². The van der Waals surface area contributed by atoms with Crippen LogP contribution in [0.15, 0.2) is 23.8 Å². The second-order valence-corrected chi connectivity index (χ2v) is 11.0. The number of esters is 2. The lowest BCUT2D eigenvalue weighted by molar-refractivity contribution is -0.206. The van der Waals surface area contributed by atoms with Crippen LogP contribution in [0.3, 0.4) is 0 Å². The van der Waals surface area contributed by atoms with Gasteiger partial charge in [-0.2, -0.15) is 0 Å². The molecule has 0 saturated heterocycles. The molecule has 0 aromatic rings. The Hall–Kier alpha value is -2.35. The molecule has 1 N–H and O–H groups in total. The molecule has 4 aliphatic carbocycles. The Balaban J connectivity index is 1.80. The monoisotopic (exact) mass is 476 g/mol. The molecule has 0 bridgehead atoms. The van der Waals surface area contributed by atoms with Gasteiger partial charge in [-0.1, -0.05) is 26.8 Å². The van der Waals surface area contributed by atoms with Crippen LogP contribution < -0.4 is 0 Å². The van der Waals surface area contributed by atoms with Crippen molar-refractivity contribution in [3.8, 4) is 0 Å². The van der Waals surface area contributed by atoms with E-state index in [0.717, 1.165) is 0 Å². The highest BCUT2D eigenvalue weighted by atomic mass is 19.1. The first-order chi connectivity index (χ1) is 15.8. The van der Waals surface area contributed by atoms with Crippen LogP contribution in [0, 0.1) is 34.5 Å². The third kappa shape index (κ3) is 3.32. The summed E-state index contributed by atoms with van der Waals surface area (Å²) >= 11 is 0. The summed E-state index contributed by atoms with van der Waals surface area (Å²) in [5.74, 6) is -3.35. The number of carbonyl (C=O) groups excluding carboxylic acids is 4.